The molecule has 2 saturated heterocycles. The zero-order valence-corrected chi connectivity index (χ0v) is 11.7. The quantitative estimate of drug-likeness (QED) is 0.733. The number of hydrogen-bond donors (Lipinski definition) is 1. The van der Waals surface area contributed by atoms with Crippen molar-refractivity contribution in [2.45, 2.75) is 18.9 Å². The fraction of sp³-hybridized carbons (Fsp3) is 0.846. The van der Waals surface area contributed by atoms with Gasteiger partial charge in [-0.25, -0.2) is 0 Å². The first-order valence-electron chi connectivity index (χ1n) is 6.91. The summed E-state index contributed by atoms with van der Waals surface area (Å²) in [5.41, 5.74) is 0. The van der Waals surface area contributed by atoms with Crippen LogP contribution in [0.15, 0.2) is 0 Å². The Morgan fingerprint density at radius 2 is 2.00 bits per heavy atom. The minimum atomic E-state index is -0.179. The molecule has 2 aliphatic rings. The third-order valence-corrected chi connectivity index (χ3v) is 3.98. The van der Waals surface area contributed by atoms with E-state index in [1.54, 1.807) is 7.05 Å². The second kappa shape index (κ2) is 6.34. The minimum Gasteiger partial charge on any atom is -0.379 e. The number of ether oxygens (including phenoxy) is 1. The molecule has 6 heteroatoms. The van der Waals surface area contributed by atoms with Gasteiger partial charge in [0.25, 0.3) is 0 Å². The van der Waals surface area contributed by atoms with E-state index >= 15 is 0 Å². The molecule has 2 amide bonds. The molecule has 0 aromatic carbocycles. The van der Waals surface area contributed by atoms with Crippen LogP contribution in [0.3, 0.4) is 0 Å². The van der Waals surface area contributed by atoms with Crippen LogP contribution in [0.5, 0.6) is 0 Å². The maximum Gasteiger partial charge on any atom is 0.242 e. The summed E-state index contributed by atoms with van der Waals surface area (Å²) in [7, 11) is 3.52. The molecule has 2 fully saturated rings. The summed E-state index contributed by atoms with van der Waals surface area (Å²) in [6.45, 7) is 2.82. The maximum absolute atomic E-state index is 12.3. The number of carbonyl (C=O) groups is 2. The molecule has 2 unspecified atom stereocenters. The lowest BCUT2D eigenvalue weighted by atomic mass is 10.0. The first-order valence-corrected chi connectivity index (χ1v) is 6.91. The summed E-state index contributed by atoms with van der Waals surface area (Å²) in [5, 5.41) is 3.09. The second-order valence-corrected chi connectivity index (χ2v) is 5.32. The van der Waals surface area contributed by atoms with Crippen molar-refractivity contribution in [1.82, 2.24) is 15.1 Å². The van der Waals surface area contributed by atoms with Crippen molar-refractivity contribution >= 4 is 11.8 Å². The van der Waals surface area contributed by atoms with Crippen molar-refractivity contribution in [3.8, 4) is 0 Å². The highest BCUT2D eigenvalue weighted by Gasteiger charge is 2.35. The van der Waals surface area contributed by atoms with Crippen LogP contribution in [0.2, 0.25) is 0 Å². The fourth-order valence-corrected chi connectivity index (χ4v) is 2.71. The van der Waals surface area contributed by atoms with Crippen molar-refractivity contribution in [2.24, 2.45) is 5.92 Å². The van der Waals surface area contributed by atoms with Crippen LogP contribution in [-0.2, 0) is 14.3 Å². The van der Waals surface area contributed by atoms with Gasteiger partial charge in [0, 0.05) is 26.2 Å². The number of likely N-dealkylation sites (N-methyl/N-ethyl adjacent to an activating group) is 2. The molecule has 2 heterocycles. The summed E-state index contributed by atoms with van der Waals surface area (Å²) in [6.07, 6.45) is 2.14. The minimum absolute atomic E-state index is 0.00982. The van der Waals surface area contributed by atoms with Crippen molar-refractivity contribution in [3.05, 3.63) is 0 Å². The number of likely N-dealkylation sites (tertiary alicyclic amines) is 1. The Bertz CT molecular complexity index is 342. The van der Waals surface area contributed by atoms with Gasteiger partial charge in [-0.2, -0.15) is 0 Å². The Balaban J connectivity index is 1.86. The molecule has 19 heavy (non-hydrogen) atoms. The summed E-state index contributed by atoms with van der Waals surface area (Å²) in [5.74, 6) is -0.140. The summed E-state index contributed by atoms with van der Waals surface area (Å²) in [4.78, 5) is 27.7. The van der Waals surface area contributed by atoms with Crippen molar-refractivity contribution in [1.29, 1.82) is 0 Å². The molecular formula is C13H23N3O3. The molecule has 0 spiro atoms. The zero-order valence-electron chi connectivity index (χ0n) is 11.7. The lowest BCUT2D eigenvalue weighted by Crippen LogP contribution is -2.46. The first kappa shape index (κ1) is 14.3. The number of nitrogens with one attached hydrogen (secondary N) is 1. The van der Waals surface area contributed by atoms with E-state index in [-0.39, 0.29) is 30.3 Å². The van der Waals surface area contributed by atoms with Crippen LogP contribution in [0, 0.1) is 5.92 Å². The summed E-state index contributed by atoms with van der Waals surface area (Å²) in [6, 6.07) is 0.0526. The first-order chi connectivity index (χ1) is 9.13. The predicted molar refractivity (Wildman–Crippen MR) is 70.6 cm³/mol. The van der Waals surface area contributed by atoms with Crippen LogP contribution in [-0.4, -0.2) is 74.6 Å². The van der Waals surface area contributed by atoms with Crippen LogP contribution in [0.4, 0.5) is 0 Å². The van der Waals surface area contributed by atoms with Crippen LogP contribution >= 0.6 is 0 Å². The van der Waals surface area contributed by atoms with Gasteiger partial charge in [0.15, 0.2) is 0 Å². The number of carbonyl (C=O) groups excluding carboxylic acids is 2. The number of amides is 2. The number of rotatable bonds is 4. The van der Waals surface area contributed by atoms with E-state index < -0.39 is 0 Å². The normalized spacial score (nSPS) is 26.7. The zero-order chi connectivity index (χ0) is 13.8. The third kappa shape index (κ3) is 3.25. The average Bonchev–Trinajstić information content (AvgIpc) is 3.08. The predicted octanol–water partition coefficient (Wildman–Crippen LogP) is -0.698. The van der Waals surface area contributed by atoms with E-state index in [1.807, 2.05) is 11.9 Å². The number of hydrogen-bond acceptors (Lipinski definition) is 4. The average molecular weight is 269 g/mol. The SMILES string of the molecule is CNC1COCC1C(=O)N(C)CC(=O)N1CCCC1. The molecule has 0 aliphatic carbocycles. The smallest absolute Gasteiger partial charge is 0.242 e. The molecule has 0 aromatic rings. The van der Waals surface area contributed by atoms with Gasteiger partial charge in [0.1, 0.15) is 0 Å². The Hall–Kier alpha value is -1.14. The van der Waals surface area contributed by atoms with Crippen molar-refractivity contribution in [3.63, 3.8) is 0 Å². The monoisotopic (exact) mass is 269 g/mol. The van der Waals surface area contributed by atoms with Gasteiger partial charge < -0.3 is 19.9 Å². The summed E-state index contributed by atoms with van der Waals surface area (Å²) >= 11 is 0. The van der Waals surface area contributed by atoms with E-state index in [0.717, 1.165) is 25.9 Å². The van der Waals surface area contributed by atoms with Gasteiger partial charge >= 0.3 is 0 Å². The van der Waals surface area contributed by atoms with Gasteiger partial charge in [-0.15, -0.1) is 0 Å². The van der Waals surface area contributed by atoms with E-state index in [0.29, 0.717) is 13.2 Å². The third-order valence-electron chi connectivity index (χ3n) is 3.98. The van der Waals surface area contributed by atoms with E-state index in [2.05, 4.69) is 5.32 Å². The Morgan fingerprint density at radius 1 is 1.32 bits per heavy atom. The van der Waals surface area contributed by atoms with Crippen LogP contribution < -0.4 is 5.32 Å². The Labute approximate surface area is 114 Å². The molecule has 0 aromatic heterocycles. The fourth-order valence-electron chi connectivity index (χ4n) is 2.71. The highest BCUT2D eigenvalue weighted by Crippen LogP contribution is 2.16. The lowest BCUT2D eigenvalue weighted by molar-refractivity contribution is -0.141. The van der Waals surface area contributed by atoms with E-state index in [1.165, 1.54) is 4.90 Å². The number of nitrogens with zero attached hydrogens (tertiary/aromatic N) is 2. The highest BCUT2D eigenvalue weighted by molar-refractivity contribution is 5.86. The van der Waals surface area contributed by atoms with Gasteiger partial charge in [-0.05, 0) is 19.9 Å². The molecule has 2 atom stereocenters. The standard InChI is InChI=1S/C13H23N3O3/c1-14-11-9-19-8-10(11)13(18)15(2)7-12(17)16-5-3-4-6-16/h10-11,14H,3-9H2,1-2H3. The maximum atomic E-state index is 12.3. The molecule has 108 valence electrons. The van der Waals surface area contributed by atoms with E-state index in [4.69, 9.17) is 4.74 Å². The van der Waals surface area contributed by atoms with Crippen LogP contribution in [0.1, 0.15) is 12.8 Å². The summed E-state index contributed by atoms with van der Waals surface area (Å²) < 4.78 is 5.33. The second-order valence-electron chi connectivity index (χ2n) is 5.32. The molecule has 6 nitrogen and oxygen atoms in total. The van der Waals surface area contributed by atoms with E-state index in [9.17, 15) is 9.59 Å². The Morgan fingerprint density at radius 3 is 2.63 bits per heavy atom. The lowest BCUT2D eigenvalue weighted by Gasteiger charge is -2.25. The molecule has 0 bridgehead atoms. The largest absolute Gasteiger partial charge is 0.379 e. The van der Waals surface area contributed by atoms with Gasteiger partial charge in [0.05, 0.1) is 25.7 Å². The molecule has 2 rings (SSSR count). The van der Waals surface area contributed by atoms with Crippen molar-refractivity contribution < 1.29 is 14.3 Å². The highest BCUT2D eigenvalue weighted by atomic mass is 16.5. The van der Waals surface area contributed by atoms with Gasteiger partial charge in [0.2, 0.25) is 11.8 Å². The van der Waals surface area contributed by atoms with Gasteiger partial charge in [-0.1, -0.05) is 0 Å². The van der Waals surface area contributed by atoms with Crippen molar-refractivity contribution in [2.75, 3.05) is 46.9 Å². The van der Waals surface area contributed by atoms with Crippen LogP contribution in [0.25, 0.3) is 0 Å². The molecule has 2 aliphatic heterocycles. The Kier molecular flexibility index (Phi) is 4.76. The topological polar surface area (TPSA) is 61.9 Å². The molecule has 1 N–H and O–H groups in total. The van der Waals surface area contributed by atoms with Gasteiger partial charge in [-0.3, -0.25) is 9.59 Å². The molecule has 0 radical (unpaired) electrons. The molecular weight excluding hydrogens is 246 g/mol. The molecule has 0 saturated carbocycles.